The minimum Gasteiger partial charge on any atom is -0.490 e. The van der Waals surface area contributed by atoms with Gasteiger partial charge in [-0.2, -0.15) is 0 Å². The van der Waals surface area contributed by atoms with Crippen molar-refractivity contribution in [3.8, 4) is 11.5 Å². The number of nitrogens with one attached hydrogen (secondary N) is 1. The predicted molar refractivity (Wildman–Crippen MR) is 130 cm³/mol. The van der Waals surface area contributed by atoms with Gasteiger partial charge < -0.3 is 24.3 Å². The molecule has 5 rings (SSSR count). The quantitative estimate of drug-likeness (QED) is 0.602. The van der Waals surface area contributed by atoms with Crippen LogP contribution in [0.4, 0.5) is 0 Å². The van der Waals surface area contributed by atoms with Gasteiger partial charge in [0.1, 0.15) is 0 Å². The van der Waals surface area contributed by atoms with Gasteiger partial charge in [0.2, 0.25) is 5.91 Å². The summed E-state index contributed by atoms with van der Waals surface area (Å²) in [6.45, 7) is 7.54. The summed E-state index contributed by atoms with van der Waals surface area (Å²) in [5.41, 5.74) is 2.78. The summed E-state index contributed by atoms with van der Waals surface area (Å²) in [5.74, 6) is 1.18. The third-order valence-electron chi connectivity index (χ3n) is 7.05. The molecule has 2 atom stereocenters. The fourth-order valence-electron chi connectivity index (χ4n) is 5.42. The number of amides is 2. The lowest BCUT2D eigenvalue weighted by atomic mass is 9.76. The van der Waals surface area contributed by atoms with E-state index in [4.69, 9.17) is 9.47 Å². The molecule has 2 amide bonds. The summed E-state index contributed by atoms with van der Waals surface area (Å²) in [7, 11) is 1.70. The molecule has 2 aromatic carbocycles. The number of carbonyl (C=O) groups excluding carboxylic acids is 2. The summed E-state index contributed by atoms with van der Waals surface area (Å²) < 4.78 is 11.8. The van der Waals surface area contributed by atoms with Gasteiger partial charge in [-0.05, 0) is 49.6 Å². The maximum Gasteiger partial charge on any atom is 0.254 e. The Kier molecular flexibility index (Phi) is 5.50. The van der Waals surface area contributed by atoms with E-state index in [-0.39, 0.29) is 24.3 Å². The van der Waals surface area contributed by atoms with E-state index in [9.17, 15) is 9.59 Å². The van der Waals surface area contributed by atoms with Crippen LogP contribution in [0.1, 0.15) is 49.9 Å². The molecule has 0 bridgehead atoms. The van der Waals surface area contributed by atoms with E-state index in [1.165, 1.54) is 4.90 Å². The van der Waals surface area contributed by atoms with E-state index >= 15 is 0 Å². The molecule has 2 aliphatic rings. The molecule has 7 nitrogen and oxygen atoms in total. The molecule has 0 spiro atoms. The summed E-state index contributed by atoms with van der Waals surface area (Å²) in [5, 5.41) is 1.07. The maximum atomic E-state index is 13.5. The first-order valence-electron chi connectivity index (χ1n) is 12.0. The third-order valence-corrected chi connectivity index (χ3v) is 7.05. The number of benzene rings is 2. The lowest BCUT2D eigenvalue weighted by molar-refractivity contribution is -0.164. The second-order valence-corrected chi connectivity index (χ2v) is 9.24. The molecule has 1 aromatic heterocycles. The molecule has 178 valence electrons. The van der Waals surface area contributed by atoms with E-state index in [1.807, 2.05) is 44.2 Å². The first kappa shape index (κ1) is 22.3. The number of fused-ring (bicyclic) bond motifs is 5. The third kappa shape index (κ3) is 3.25. The second kappa shape index (κ2) is 8.38. The Bertz CT molecular complexity index is 1270. The Morgan fingerprint density at radius 2 is 1.88 bits per heavy atom. The van der Waals surface area contributed by atoms with Gasteiger partial charge in [0.25, 0.3) is 5.91 Å². The minimum atomic E-state index is -1.07. The van der Waals surface area contributed by atoms with Crippen molar-refractivity contribution in [2.75, 3.05) is 33.4 Å². The zero-order valence-corrected chi connectivity index (χ0v) is 20.2. The molecular weight excluding hydrogens is 430 g/mol. The number of ether oxygens (including phenoxy) is 2. The first-order valence-corrected chi connectivity index (χ1v) is 12.0. The molecule has 1 fully saturated rings. The van der Waals surface area contributed by atoms with Crippen LogP contribution >= 0.6 is 0 Å². The van der Waals surface area contributed by atoms with Crippen molar-refractivity contribution in [3.05, 3.63) is 59.3 Å². The molecule has 1 N–H and O–H groups in total. The van der Waals surface area contributed by atoms with E-state index in [0.29, 0.717) is 25.5 Å². The van der Waals surface area contributed by atoms with Crippen LogP contribution in [-0.2, 0) is 15.1 Å². The Morgan fingerprint density at radius 1 is 1.09 bits per heavy atom. The first-order chi connectivity index (χ1) is 16.4. The molecule has 0 unspecified atom stereocenters. The number of rotatable bonds is 6. The average Bonchev–Trinajstić information content (AvgIpc) is 3.23. The zero-order chi connectivity index (χ0) is 24.0. The fraction of sp³-hybridized carbons (Fsp3) is 0.407. The van der Waals surface area contributed by atoms with Crippen molar-refractivity contribution in [2.24, 2.45) is 0 Å². The topological polar surface area (TPSA) is 74.9 Å². The van der Waals surface area contributed by atoms with Crippen molar-refractivity contribution >= 4 is 22.7 Å². The molecule has 3 heterocycles. The summed E-state index contributed by atoms with van der Waals surface area (Å²) in [6, 6.07) is 14.1. The van der Waals surface area contributed by atoms with Crippen molar-refractivity contribution in [3.63, 3.8) is 0 Å². The molecule has 1 saturated heterocycles. The molecule has 3 aromatic rings. The second-order valence-electron chi connectivity index (χ2n) is 9.24. The van der Waals surface area contributed by atoms with E-state index < -0.39 is 5.54 Å². The molecule has 7 heteroatoms. The summed E-state index contributed by atoms with van der Waals surface area (Å²) in [4.78, 5) is 33.5. The highest BCUT2D eigenvalue weighted by atomic mass is 16.5. The van der Waals surface area contributed by atoms with Gasteiger partial charge in [-0.15, -0.1) is 0 Å². The van der Waals surface area contributed by atoms with Crippen LogP contribution in [0.3, 0.4) is 0 Å². The Labute approximate surface area is 199 Å². The largest absolute Gasteiger partial charge is 0.490 e. The highest BCUT2D eigenvalue weighted by Gasteiger charge is 2.55. The van der Waals surface area contributed by atoms with Crippen LogP contribution in [0.2, 0.25) is 0 Å². The number of likely N-dealkylation sites (N-methyl/N-ethyl adjacent to an activating group) is 1. The van der Waals surface area contributed by atoms with Crippen LogP contribution in [-0.4, -0.2) is 59.9 Å². The van der Waals surface area contributed by atoms with Crippen LogP contribution in [0, 0.1) is 0 Å². The van der Waals surface area contributed by atoms with Crippen molar-refractivity contribution in [1.29, 1.82) is 0 Å². The maximum absolute atomic E-state index is 13.5. The SMILES string of the molecule is CCCOc1ccc([C@@H]2CN3C(=O)CN(C)C(=O)[C@]3(C)c3[nH]c4ccccc4c32)cc1OCC. The van der Waals surface area contributed by atoms with Crippen molar-refractivity contribution in [2.45, 2.75) is 38.6 Å². The lowest BCUT2D eigenvalue weighted by Crippen LogP contribution is -2.66. The molecule has 0 saturated carbocycles. The van der Waals surface area contributed by atoms with Gasteiger partial charge in [0, 0.05) is 30.4 Å². The van der Waals surface area contributed by atoms with E-state index in [1.54, 1.807) is 11.9 Å². The normalized spacial score (nSPS) is 22.1. The summed E-state index contributed by atoms with van der Waals surface area (Å²) >= 11 is 0. The van der Waals surface area contributed by atoms with Crippen molar-refractivity contribution < 1.29 is 19.1 Å². The monoisotopic (exact) mass is 461 g/mol. The number of H-pyrrole nitrogens is 1. The molecule has 0 radical (unpaired) electrons. The minimum absolute atomic E-state index is 0.0492. The van der Waals surface area contributed by atoms with E-state index in [0.717, 1.165) is 39.9 Å². The molecule has 0 aliphatic carbocycles. The van der Waals surface area contributed by atoms with Gasteiger partial charge in [0.05, 0.1) is 25.5 Å². The number of nitrogens with zero attached hydrogens (tertiary/aromatic N) is 2. The number of aromatic amines is 1. The highest BCUT2D eigenvalue weighted by Crippen LogP contribution is 2.48. The lowest BCUT2D eigenvalue weighted by Gasteiger charge is -2.50. The van der Waals surface area contributed by atoms with Crippen LogP contribution in [0.25, 0.3) is 10.9 Å². The highest BCUT2D eigenvalue weighted by molar-refractivity contribution is 6.01. The smallest absolute Gasteiger partial charge is 0.254 e. The van der Waals surface area contributed by atoms with Gasteiger partial charge in [-0.25, -0.2) is 0 Å². The molecule has 2 aliphatic heterocycles. The molecule has 34 heavy (non-hydrogen) atoms. The Hall–Kier alpha value is -3.48. The average molecular weight is 462 g/mol. The van der Waals surface area contributed by atoms with Gasteiger partial charge in [-0.3, -0.25) is 9.59 Å². The number of carbonyl (C=O) groups is 2. The van der Waals surface area contributed by atoms with Gasteiger partial charge >= 0.3 is 0 Å². The summed E-state index contributed by atoms with van der Waals surface area (Å²) in [6.07, 6.45) is 0.909. The Morgan fingerprint density at radius 3 is 2.65 bits per heavy atom. The number of hydrogen-bond donors (Lipinski definition) is 1. The number of aromatic nitrogens is 1. The van der Waals surface area contributed by atoms with Crippen LogP contribution in [0.5, 0.6) is 11.5 Å². The number of hydrogen-bond acceptors (Lipinski definition) is 4. The number of piperazine rings is 1. The van der Waals surface area contributed by atoms with Gasteiger partial charge in [-0.1, -0.05) is 31.2 Å². The zero-order valence-electron chi connectivity index (χ0n) is 20.2. The standard InChI is InChI=1S/C27H31N3O4/c1-5-13-34-21-12-11-17(14-22(21)33-6-2)19-15-30-23(31)16-29(4)26(32)27(30,3)25-24(19)18-9-7-8-10-20(18)28-25/h7-12,14,19,28H,5-6,13,15-16H2,1-4H3/t19-,27-/m0/s1. The van der Waals surface area contributed by atoms with E-state index in [2.05, 4.69) is 24.0 Å². The van der Waals surface area contributed by atoms with Gasteiger partial charge in [0.15, 0.2) is 17.0 Å². The number of para-hydroxylation sites is 1. The van der Waals surface area contributed by atoms with Crippen LogP contribution < -0.4 is 9.47 Å². The molecular formula is C27H31N3O4. The van der Waals surface area contributed by atoms with Crippen molar-refractivity contribution in [1.82, 2.24) is 14.8 Å². The Balaban J connectivity index is 1.70. The van der Waals surface area contributed by atoms with Crippen LogP contribution in [0.15, 0.2) is 42.5 Å². The predicted octanol–water partition coefficient (Wildman–Crippen LogP) is 4.02. The fourth-order valence-corrected chi connectivity index (χ4v) is 5.42.